The lowest BCUT2D eigenvalue weighted by Crippen LogP contribution is -1.71. The molecule has 0 spiro atoms. The highest BCUT2D eigenvalue weighted by molar-refractivity contribution is 7.18. The molecule has 2 rings (SSSR count). The van der Waals surface area contributed by atoms with Crippen molar-refractivity contribution < 1.29 is 4.39 Å². The number of aromatic nitrogens is 1. The van der Waals surface area contributed by atoms with E-state index in [0.29, 0.717) is 0 Å². The van der Waals surface area contributed by atoms with Crippen LogP contribution in [0.15, 0.2) is 18.2 Å². The topological polar surface area (TPSA) is 12.9 Å². The van der Waals surface area contributed by atoms with Crippen LogP contribution in [0.4, 0.5) is 4.39 Å². The van der Waals surface area contributed by atoms with Crippen molar-refractivity contribution in [1.29, 1.82) is 0 Å². The smallest absolute Gasteiger partial charge is 0.124 e. The van der Waals surface area contributed by atoms with E-state index < -0.39 is 0 Å². The lowest BCUT2D eigenvalue weighted by atomic mass is 10.3. The summed E-state index contributed by atoms with van der Waals surface area (Å²) in [6, 6.07) is 4.54. The minimum atomic E-state index is -0.221. The normalized spacial score (nSPS) is 10.7. The molecule has 0 unspecified atom stereocenters. The molecule has 0 aliphatic carbocycles. The van der Waals surface area contributed by atoms with Crippen molar-refractivity contribution in [2.75, 3.05) is 0 Å². The maximum absolute atomic E-state index is 12.6. The van der Waals surface area contributed by atoms with Gasteiger partial charge in [0.15, 0.2) is 0 Å². The summed E-state index contributed by atoms with van der Waals surface area (Å²) in [6.07, 6.45) is 0. The Hall–Kier alpha value is -0.960. The molecule has 0 atom stereocenters. The van der Waals surface area contributed by atoms with E-state index in [1.54, 1.807) is 6.07 Å². The standard InChI is InChI=1S/C8H5FNS/c1-5-10-7-3-2-6(9)4-8(7)11-5/h2-4H,1H2. The monoisotopic (exact) mass is 166 g/mol. The van der Waals surface area contributed by atoms with Gasteiger partial charge in [0, 0.05) is 6.92 Å². The predicted octanol–water partition coefficient (Wildman–Crippen LogP) is 2.62. The fourth-order valence-electron chi connectivity index (χ4n) is 0.946. The maximum Gasteiger partial charge on any atom is 0.124 e. The Balaban J connectivity index is 2.82. The highest BCUT2D eigenvalue weighted by Crippen LogP contribution is 2.21. The SMILES string of the molecule is [CH2]c1nc2ccc(F)cc2s1. The summed E-state index contributed by atoms with van der Waals surface area (Å²) in [5.41, 5.74) is 0.821. The van der Waals surface area contributed by atoms with E-state index >= 15 is 0 Å². The van der Waals surface area contributed by atoms with Crippen LogP contribution < -0.4 is 0 Å². The molecule has 1 heterocycles. The maximum atomic E-state index is 12.6. The molecule has 0 saturated heterocycles. The number of rotatable bonds is 0. The molecule has 1 radical (unpaired) electrons. The second kappa shape index (κ2) is 2.27. The molecule has 0 aliphatic heterocycles. The van der Waals surface area contributed by atoms with Crippen molar-refractivity contribution in [2.24, 2.45) is 0 Å². The van der Waals surface area contributed by atoms with Gasteiger partial charge in [-0.05, 0) is 18.2 Å². The van der Waals surface area contributed by atoms with Crippen LogP contribution in [0.1, 0.15) is 5.01 Å². The zero-order valence-corrected chi connectivity index (χ0v) is 6.49. The van der Waals surface area contributed by atoms with Crippen molar-refractivity contribution in [3.8, 4) is 0 Å². The second-order valence-electron chi connectivity index (χ2n) is 2.22. The molecule has 0 fully saturated rings. The average molecular weight is 166 g/mol. The van der Waals surface area contributed by atoms with Gasteiger partial charge in [-0.15, -0.1) is 11.3 Å². The summed E-state index contributed by atoms with van der Waals surface area (Å²) in [7, 11) is 0. The number of halogens is 1. The molecule has 55 valence electrons. The molecule has 0 amide bonds. The van der Waals surface area contributed by atoms with Gasteiger partial charge in [-0.1, -0.05) is 0 Å². The molecule has 1 aromatic heterocycles. The van der Waals surface area contributed by atoms with Crippen LogP contribution >= 0.6 is 11.3 Å². The van der Waals surface area contributed by atoms with Gasteiger partial charge in [-0.25, -0.2) is 9.37 Å². The Bertz CT molecular complexity index is 394. The van der Waals surface area contributed by atoms with Crippen LogP contribution in [0.3, 0.4) is 0 Å². The Labute approximate surface area is 67.5 Å². The number of thiazole rings is 1. The third-order valence-corrected chi connectivity index (χ3v) is 2.27. The largest absolute Gasteiger partial charge is 0.241 e. The number of hydrogen-bond donors (Lipinski definition) is 0. The van der Waals surface area contributed by atoms with Gasteiger partial charge in [-0.3, -0.25) is 0 Å². The fraction of sp³-hybridized carbons (Fsp3) is 0. The van der Waals surface area contributed by atoms with Crippen LogP contribution in [-0.4, -0.2) is 4.98 Å². The summed E-state index contributed by atoms with van der Waals surface area (Å²) in [5.74, 6) is -0.221. The summed E-state index contributed by atoms with van der Waals surface area (Å²) in [5, 5.41) is 0.727. The van der Waals surface area contributed by atoms with Gasteiger partial charge in [0.1, 0.15) is 5.82 Å². The van der Waals surface area contributed by atoms with Gasteiger partial charge in [-0.2, -0.15) is 0 Å². The van der Waals surface area contributed by atoms with E-state index in [1.807, 2.05) is 0 Å². The summed E-state index contributed by atoms with van der Waals surface area (Å²) in [4.78, 5) is 4.10. The minimum absolute atomic E-state index is 0.221. The molecule has 1 aromatic carbocycles. The van der Waals surface area contributed by atoms with E-state index in [0.717, 1.165) is 15.2 Å². The molecule has 0 saturated carbocycles. The highest BCUT2D eigenvalue weighted by Gasteiger charge is 1.99. The number of fused-ring (bicyclic) bond motifs is 1. The first-order valence-corrected chi connectivity index (χ1v) is 3.95. The third-order valence-electron chi connectivity index (χ3n) is 1.39. The first kappa shape index (κ1) is 6.73. The van der Waals surface area contributed by atoms with E-state index in [-0.39, 0.29) is 5.82 Å². The Morgan fingerprint density at radius 3 is 3.09 bits per heavy atom. The van der Waals surface area contributed by atoms with Gasteiger partial charge in [0.05, 0.1) is 15.2 Å². The van der Waals surface area contributed by atoms with Crippen molar-refractivity contribution in [3.63, 3.8) is 0 Å². The second-order valence-corrected chi connectivity index (χ2v) is 3.33. The molecule has 3 heteroatoms. The van der Waals surface area contributed by atoms with Gasteiger partial charge < -0.3 is 0 Å². The lowest BCUT2D eigenvalue weighted by Gasteiger charge is -1.85. The van der Waals surface area contributed by atoms with E-state index in [9.17, 15) is 4.39 Å². The Morgan fingerprint density at radius 1 is 1.45 bits per heavy atom. The molecular formula is C8H5FNS. The number of nitrogens with zero attached hydrogens (tertiary/aromatic N) is 1. The van der Waals surface area contributed by atoms with Crippen molar-refractivity contribution >= 4 is 21.6 Å². The lowest BCUT2D eigenvalue weighted by molar-refractivity contribution is 0.630. The number of hydrogen-bond acceptors (Lipinski definition) is 2. The van der Waals surface area contributed by atoms with Crippen LogP contribution in [0, 0.1) is 12.7 Å². The predicted molar refractivity (Wildman–Crippen MR) is 44.0 cm³/mol. The molecule has 0 bridgehead atoms. The van der Waals surface area contributed by atoms with Gasteiger partial charge in [0.25, 0.3) is 0 Å². The fourth-order valence-corrected chi connectivity index (χ4v) is 1.73. The zero-order valence-electron chi connectivity index (χ0n) is 5.67. The van der Waals surface area contributed by atoms with Crippen LogP contribution in [0.2, 0.25) is 0 Å². The Morgan fingerprint density at radius 2 is 2.27 bits per heavy atom. The quantitative estimate of drug-likeness (QED) is 0.586. The molecule has 2 aromatic rings. The first-order chi connectivity index (χ1) is 5.25. The van der Waals surface area contributed by atoms with Gasteiger partial charge in [0.2, 0.25) is 0 Å². The minimum Gasteiger partial charge on any atom is -0.241 e. The first-order valence-electron chi connectivity index (χ1n) is 3.14. The van der Waals surface area contributed by atoms with Crippen molar-refractivity contribution in [2.45, 2.75) is 0 Å². The van der Waals surface area contributed by atoms with Crippen molar-refractivity contribution in [3.05, 3.63) is 35.9 Å². The zero-order chi connectivity index (χ0) is 7.84. The van der Waals surface area contributed by atoms with Crippen LogP contribution in [-0.2, 0) is 0 Å². The third kappa shape index (κ3) is 1.12. The van der Waals surface area contributed by atoms with Crippen LogP contribution in [0.5, 0.6) is 0 Å². The number of benzene rings is 1. The van der Waals surface area contributed by atoms with Gasteiger partial charge >= 0.3 is 0 Å². The summed E-state index contributed by atoms with van der Waals surface area (Å²) < 4.78 is 13.5. The molecule has 1 nitrogen and oxygen atoms in total. The molecule has 0 aliphatic rings. The molecular weight excluding hydrogens is 161 g/mol. The highest BCUT2D eigenvalue weighted by atomic mass is 32.1. The van der Waals surface area contributed by atoms with E-state index in [2.05, 4.69) is 11.9 Å². The summed E-state index contributed by atoms with van der Waals surface area (Å²) in [6.45, 7) is 3.67. The average Bonchev–Trinajstić information content (AvgIpc) is 2.27. The summed E-state index contributed by atoms with van der Waals surface area (Å²) >= 11 is 1.40. The Kier molecular flexibility index (Phi) is 1.39. The molecule has 11 heavy (non-hydrogen) atoms. The van der Waals surface area contributed by atoms with Crippen molar-refractivity contribution in [1.82, 2.24) is 4.98 Å². The van der Waals surface area contributed by atoms with E-state index in [1.165, 1.54) is 23.5 Å². The van der Waals surface area contributed by atoms with E-state index in [4.69, 9.17) is 0 Å². The van der Waals surface area contributed by atoms with Crippen LogP contribution in [0.25, 0.3) is 10.2 Å². The molecule has 0 N–H and O–H groups in total.